The second kappa shape index (κ2) is 6.65. The number of nitrogens with one attached hydrogen (secondary N) is 2. The summed E-state index contributed by atoms with van der Waals surface area (Å²) in [6.45, 7) is 4.14. The molecule has 1 heterocycles. The number of amides is 1. The highest BCUT2D eigenvalue weighted by Crippen LogP contribution is 2.17. The van der Waals surface area contributed by atoms with Crippen molar-refractivity contribution in [1.82, 2.24) is 25.9 Å². The van der Waals surface area contributed by atoms with Crippen LogP contribution in [0.2, 0.25) is 0 Å². The number of aromatic amines is 1. The normalized spacial score (nSPS) is 12.2. The molecule has 7 nitrogen and oxygen atoms in total. The molecule has 1 aromatic heterocycles. The van der Waals surface area contributed by atoms with E-state index in [2.05, 4.69) is 25.9 Å². The first-order valence-electron chi connectivity index (χ1n) is 6.37. The van der Waals surface area contributed by atoms with E-state index in [1.165, 1.54) is 0 Å². The molecule has 0 aliphatic heterocycles. The predicted molar refractivity (Wildman–Crippen MR) is 71.5 cm³/mol. The molecule has 0 bridgehead atoms. The van der Waals surface area contributed by atoms with E-state index in [0.717, 1.165) is 5.56 Å². The highest BCUT2D eigenvalue weighted by atomic mass is 16.5. The van der Waals surface area contributed by atoms with E-state index >= 15 is 0 Å². The third kappa shape index (κ3) is 3.78. The van der Waals surface area contributed by atoms with Crippen LogP contribution in [0.4, 0.5) is 4.79 Å². The van der Waals surface area contributed by atoms with Gasteiger partial charge in [-0.3, -0.25) is 0 Å². The number of nitrogens with zero attached hydrogens (tertiary/aromatic N) is 3. The Bertz CT molecular complexity index is 527. The van der Waals surface area contributed by atoms with Gasteiger partial charge in [-0.25, -0.2) is 4.79 Å². The summed E-state index contributed by atoms with van der Waals surface area (Å²) in [6.07, 6.45) is -0.502. The summed E-state index contributed by atoms with van der Waals surface area (Å²) in [5.74, 6) is 0.563. The number of hydrogen-bond acceptors (Lipinski definition) is 5. The van der Waals surface area contributed by atoms with Gasteiger partial charge in [-0.15, -0.1) is 10.2 Å². The third-order valence-corrected chi connectivity index (χ3v) is 2.79. The predicted octanol–water partition coefficient (Wildman–Crippen LogP) is 1.82. The van der Waals surface area contributed by atoms with E-state index in [-0.39, 0.29) is 18.6 Å². The van der Waals surface area contributed by atoms with Crippen LogP contribution < -0.4 is 5.32 Å². The van der Waals surface area contributed by atoms with Crippen LogP contribution in [0.1, 0.15) is 31.3 Å². The molecule has 7 heteroatoms. The minimum Gasteiger partial charge on any atom is -0.445 e. The Labute approximate surface area is 116 Å². The fourth-order valence-electron chi connectivity index (χ4n) is 1.72. The molecule has 1 amide bonds. The molecule has 106 valence electrons. The summed E-state index contributed by atoms with van der Waals surface area (Å²) in [7, 11) is 0. The lowest BCUT2D eigenvalue weighted by Gasteiger charge is -2.18. The van der Waals surface area contributed by atoms with Gasteiger partial charge in [0.05, 0.1) is 6.04 Å². The first-order valence-corrected chi connectivity index (χ1v) is 6.37. The quantitative estimate of drug-likeness (QED) is 0.868. The number of H-pyrrole nitrogens is 1. The second-order valence-corrected chi connectivity index (χ2v) is 4.70. The Morgan fingerprint density at radius 1 is 1.35 bits per heavy atom. The lowest BCUT2D eigenvalue weighted by molar-refractivity contribution is 0.132. The van der Waals surface area contributed by atoms with Crippen LogP contribution in [0.3, 0.4) is 0 Å². The average Bonchev–Trinajstić information content (AvgIpc) is 2.97. The Balaban J connectivity index is 1.89. The topological polar surface area (TPSA) is 92.8 Å². The lowest BCUT2D eigenvalue weighted by Crippen LogP contribution is -2.33. The van der Waals surface area contributed by atoms with Gasteiger partial charge in [-0.2, -0.15) is 5.21 Å². The number of rotatable bonds is 5. The molecule has 2 rings (SSSR count). The summed E-state index contributed by atoms with van der Waals surface area (Å²) in [6, 6.07) is 9.16. The fourth-order valence-corrected chi connectivity index (χ4v) is 1.72. The highest BCUT2D eigenvalue weighted by Gasteiger charge is 2.22. The number of ether oxygens (including phenoxy) is 1. The minimum absolute atomic E-state index is 0.122. The van der Waals surface area contributed by atoms with Gasteiger partial charge in [0.1, 0.15) is 6.61 Å². The van der Waals surface area contributed by atoms with Gasteiger partial charge in [0, 0.05) is 0 Å². The van der Waals surface area contributed by atoms with Gasteiger partial charge in [-0.05, 0) is 11.5 Å². The molecule has 20 heavy (non-hydrogen) atoms. The van der Waals surface area contributed by atoms with Gasteiger partial charge in [0.15, 0.2) is 5.82 Å². The average molecular weight is 275 g/mol. The minimum atomic E-state index is -0.502. The van der Waals surface area contributed by atoms with Crippen molar-refractivity contribution < 1.29 is 9.53 Å². The number of hydrogen-bond donors (Lipinski definition) is 2. The van der Waals surface area contributed by atoms with Gasteiger partial charge in [0.2, 0.25) is 0 Å². The molecule has 0 aliphatic rings. The molecule has 2 N–H and O–H groups in total. The summed E-state index contributed by atoms with van der Waals surface area (Å²) in [5, 5.41) is 16.4. The van der Waals surface area contributed by atoms with Crippen LogP contribution in [0.5, 0.6) is 0 Å². The monoisotopic (exact) mass is 275 g/mol. The summed E-state index contributed by atoms with van der Waals surface area (Å²) >= 11 is 0. The standard InChI is InChI=1S/C13H17N5O2/c1-9(2)11(12-15-17-18-16-12)14-13(19)20-8-10-6-4-3-5-7-10/h3-7,9,11H,8H2,1-2H3,(H,14,19)(H,15,16,17,18). The molecule has 0 radical (unpaired) electrons. The van der Waals surface area contributed by atoms with Crippen molar-refractivity contribution in [3.63, 3.8) is 0 Å². The first kappa shape index (κ1) is 14.0. The SMILES string of the molecule is CC(C)C(NC(=O)OCc1ccccc1)c1nn[nH]n1. The fraction of sp³-hybridized carbons (Fsp3) is 0.385. The van der Waals surface area contributed by atoms with Crippen molar-refractivity contribution in [2.24, 2.45) is 5.92 Å². The number of tetrazole rings is 1. The van der Waals surface area contributed by atoms with Gasteiger partial charge in [0.25, 0.3) is 0 Å². The van der Waals surface area contributed by atoms with Crippen LogP contribution >= 0.6 is 0 Å². The summed E-state index contributed by atoms with van der Waals surface area (Å²) in [4.78, 5) is 11.8. The van der Waals surface area contributed by atoms with Gasteiger partial charge < -0.3 is 10.1 Å². The smallest absolute Gasteiger partial charge is 0.408 e. The number of aromatic nitrogens is 4. The lowest BCUT2D eigenvalue weighted by atomic mass is 10.0. The van der Waals surface area contributed by atoms with Gasteiger partial charge in [-0.1, -0.05) is 49.4 Å². The maximum absolute atomic E-state index is 11.8. The van der Waals surface area contributed by atoms with E-state index in [1.54, 1.807) is 0 Å². The number of benzene rings is 1. The second-order valence-electron chi connectivity index (χ2n) is 4.70. The highest BCUT2D eigenvalue weighted by molar-refractivity contribution is 5.67. The largest absolute Gasteiger partial charge is 0.445 e. The van der Waals surface area contributed by atoms with E-state index in [0.29, 0.717) is 5.82 Å². The Morgan fingerprint density at radius 2 is 2.10 bits per heavy atom. The van der Waals surface area contributed by atoms with Crippen molar-refractivity contribution in [3.8, 4) is 0 Å². The van der Waals surface area contributed by atoms with Crippen molar-refractivity contribution in [2.75, 3.05) is 0 Å². The molecule has 0 aliphatic carbocycles. The molecule has 0 fully saturated rings. The Kier molecular flexibility index (Phi) is 4.65. The van der Waals surface area contributed by atoms with Crippen molar-refractivity contribution >= 4 is 6.09 Å². The zero-order valence-corrected chi connectivity index (χ0v) is 11.4. The molecular weight excluding hydrogens is 258 g/mol. The third-order valence-electron chi connectivity index (χ3n) is 2.79. The summed E-state index contributed by atoms with van der Waals surface area (Å²) < 4.78 is 5.17. The number of carbonyl (C=O) groups excluding carboxylic acids is 1. The molecular formula is C13H17N5O2. The molecule has 2 aromatic rings. The molecule has 1 unspecified atom stereocenters. The Morgan fingerprint density at radius 3 is 2.70 bits per heavy atom. The van der Waals surface area contributed by atoms with E-state index < -0.39 is 6.09 Å². The van der Waals surface area contributed by atoms with Crippen LogP contribution in [-0.2, 0) is 11.3 Å². The Hall–Kier alpha value is -2.44. The molecule has 1 atom stereocenters. The molecule has 0 spiro atoms. The van der Waals surface area contributed by atoms with Crippen LogP contribution in [0.15, 0.2) is 30.3 Å². The first-order chi connectivity index (χ1) is 9.66. The van der Waals surface area contributed by atoms with E-state index in [9.17, 15) is 4.79 Å². The van der Waals surface area contributed by atoms with E-state index in [4.69, 9.17) is 4.74 Å². The van der Waals surface area contributed by atoms with Crippen molar-refractivity contribution in [3.05, 3.63) is 41.7 Å². The van der Waals surface area contributed by atoms with Crippen LogP contribution in [0.25, 0.3) is 0 Å². The van der Waals surface area contributed by atoms with Gasteiger partial charge >= 0.3 is 6.09 Å². The number of carbonyl (C=O) groups is 1. The van der Waals surface area contributed by atoms with Crippen molar-refractivity contribution in [1.29, 1.82) is 0 Å². The maximum atomic E-state index is 11.8. The van der Waals surface area contributed by atoms with Crippen LogP contribution in [-0.4, -0.2) is 26.7 Å². The molecule has 0 saturated carbocycles. The molecule has 1 aromatic carbocycles. The van der Waals surface area contributed by atoms with E-state index in [1.807, 2.05) is 44.2 Å². The zero-order valence-electron chi connectivity index (χ0n) is 11.4. The molecule has 0 saturated heterocycles. The van der Waals surface area contributed by atoms with Crippen LogP contribution in [0, 0.1) is 5.92 Å². The van der Waals surface area contributed by atoms with Crippen molar-refractivity contribution in [2.45, 2.75) is 26.5 Å². The number of alkyl carbamates (subject to hydrolysis) is 1. The maximum Gasteiger partial charge on any atom is 0.408 e. The summed E-state index contributed by atoms with van der Waals surface area (Å²) in [5.41, 5.74) is 0.934. The zero-order chi connectivity index (χ0) is 14.4.